The Bertz CT molecular complexity index is 902. The minimum atomic E-state index is -0.160. The average Bonchev–Trinajstić information content (AvgIpc) is 3.34. The zero-order valence-electron chi connectivity index (χ0n) is 13.5. The molecule has 1 unspecified atom stereocenters. The number of imidazole rings is 1. The summed E-state index contributed by atoms with van der Waals surface area (Å²) in [5.74, 6) is 1.23. The largest absolute Gasteiger partial charge is 0.355 e. The molecular formula is C16H16ClN5O2S. The second-order valence-corrected chi connectivity index (χ2v) is 7.51. The van der Waals surface area contributed by atoms with Crippen molar-refractivity contribution >= 4 is 28.8 Å². The molecule has 9 heteroatoms. The lowest BCUT2D eigenvalue weighted by atomic mass is 10.1. The zero-order valence-corrected chi connectivity index (χ0v) is 15.0. The second-order valence-electron chi connectivity index (χ2n) is 5.79. The quantitative estimate of drug-likeness (QED) is 0.759. The molecule has 4 rings (SSSR count). The van der Waals surface area contributed by atoms with Crippen LogP contribution in [0.2, 0.25) is 4.34 Å². The average molecular weight is 378 g/mol. The molecule has 4 heterocycles. The van der Waals surface area contributed by atoms with Gasteiger partial charge >= 0.3 is 0 Å². The van der Waals surface area contributed by atoms with Gasteiger partial charge < -0.3 is 19.3 Å². The first-order chi connectivity index (χ1) is 12.1. The van der Waals surface area contributed by atoms with E-state index in [1.165, 1.54) is 11.3 Å². The van der Waals surface area contributed by atoms with Crippen LogP contribution in [0.15, 0.2) is 35.1 Å². The maximum absolute atomic E-state index is 13.0. The van der Waals surface area contributed by atoms with E-state index in [9.17, 15) is 4.79 Å². The Morgan fingerprint density at radius 1 is 1.48 bits per heavy atom. The number of aromatic nitrogens is 3. The topological polar surface area (TPSA) is 76.2 Å². The van der Waals surface area contributed by atoms with Gasteiger partial charge in [-0.25, -0.2) is 4.98 Å². The predicted octanol–water partition coefficient (Wildman–Crippen LogP) is 2.58. The minimum Gasteiger partial charge on any atom is -0.355 e. The van der Waals surface area contributed by atoms with Crippen molar-refractivity contribution in [2.24, 2.45) is 7.05 Å². The Labute approximate surface area is 153 Å². The van der Waals surface area contributed by atoms with Crippen molar-refractivity contribution in [2.75, 3.05) is 19.6 Å². The van der Waals surface area contributed by atoms with Gasteiger partial charge in [0, 0.05) is 45.1 Å². The molecule has 3 aromatic heterocycles. The third-order valence-electron chi connectivity index (χ3n) is 4.21. The standard InChI is InChI=1S/C16H16ClN5O2S/c1-21-6-5-19-15(21)11-9-18-4-7-22(11)16(23)10-8-12(24-20-10)13-2-3-14(17)25-13/h2-3,5-6,8,11,18H,4,7,9H2,1H3. The number of carbonyl (C=O) groups excluding carboxylic acids is 1. The fraction of sp³-hybridized carbons (Fsp3) is 0.312. The highest BCUT2D eigenvalue weighted by molar-refractivity contribution is 7.19. The zero-order chi connectivity index (χ0) is 17.4. The van der Waals surface area contributed by atoms with E-state index in [0.717, 1.165) is 17.2 Å². The van der Waals surface area contributed by atoms with E-state index in [1.54, 1.807) is 23.2 Å². The van der Waals surface area contributed by atoms with Crippen LogP contribution in [0.4, 0.5) is 0 Å². The third kappa shape index (κ3) is 3.08. The molecule has 0 bridgehead atoms. The Morgan fingerprint density at radius 3 is 3.08 bits per heavy atom. The van der Waals surface area contributed by atoms with E-state index >= 15 is 0 Å². The van der Waals surface area contributed by atoms with E-state index in [4.69, 9.17) is 16.1 Å². The first kappa shape index (κ1) is 16.3. The summed E-state index contributed by atoms with van der Waals surface area (Å²) in [7, 11) is 1.92. The molecule has 1 aliphatic rings. The van der Waals surface area contributed by atoms with Crippen LogP contribution in [0.3, 0.4) is 0 Å². The number of rotatable bonds is 3. The van der Waals surface area contributed by atoms with E-state index in [0.29, 0.717) is 28.9 Å². The number of amides is 1. The number of aryl methyl sites for hydroxylation is 1. The lowest BCUT2D eigenvalue weighted by molar-refractivity contribution is 0.0610. The molecule has 7 nitrogen and oxygen atoms in total. The summed E-state index contributed by atoms with van der Waals surface area (Å²) in [6.45, 7) is 1.98. The normalized spacial score (nSPS) is 17.8. The van der Waals surface area contributed by atoms with Gasteiger partial charge in [-0.2, -0.15) is 0 Å². The molecule has 1 amide bonds. The van der Waals surface area contributed by atoms with E-state index in [1.807, 2.05) is 23.9 Å². The van der Waals surface area contributed by atoms with Gasteiger partial charge in [-0.05, 0) is 12.1 Å². The first-order valence-electron chi connectivity index (χ1n) is 7.85. The number of nitrogens with one attached hydrogen (secondary N) is 1. The summed E-state index contributed by atoms with van der Waals surface area (Å²) < 4.78 is 7.94. The Hall–Kier alpha value is -2.16. The minimum absolute atomic E-state index is 0.141. The number of nitrogens with zero attached hydrogens (tertiary/aromatic N) is 4. The van der Waals surface area contributed by atoms with Gasteiger partial charge in [0.25, 0.3) is 5.91 Å². The monoisotopic (exact) mass is 377 g/mol. The molecule has 130 valence electrons. The highest BCUT2D eigenvalue weighted by Gasteiger charge is 2.32. The first-order valence-corrected chi connectivity index (χ1v) is 9.04. The molecule has 1 fully saturated rings. The fourth-order valence-corrected chi connectivity index (χ4v) is 3.95. The number of halogens is 1. The van der Waals surface area contributed by atoms with Crippen LogP contribution < -0.4 is 5.32 Å². The maximum atomic E-state index is 13.0. The van der Waals surface area contributed by atoms with Gasteiger partial charge in [-0.1, -0.05) is 16.8 Å². The van der Waals surface area contributed by atoms with Crippen molar-refractivity contribution in [1.82, 2.24) is 24.9 Å². The molecule has 3 aromatic rings. The van der Waals surface area contributed by atoms with Crippen LogP contribution in [0, 0.1) is 0 Å². The van der Waals surface area contributed by atoms with Gasteiger partial charge in [-0.3, -0.25) is 4.79 Å². The van der Waals surface area contributed by atoms with E-state index in [2.05, 4.69) is 15.5 Å². The number of thiophene rings is 1. The van der Waals surface area contributed by atoms with Crippen molar-refractivity contribution in [3.63, 3.8) is 0 Å². The fourth-order valence-electron chi connectivity index (χ4n) is 2.96. The highest BCUT2D eigenvalue weighted by atomic mass is 35.5. The van der Waals surface area contributed by atoms with Gasteiger partial charge in [-0.15, -0.1) is 11.3 Å². The number of carbonyl (C=O) groups is 1. The smallest absolute Gasteiger partial charge is 0.276 e. The summed E-state index contributed by atoms with van der Waals surface area (Å²) in [6, 6.07) is 5.17. The highest BCUT2D eigenvalue weighted by Crippen LogP contribution is 2.32. The molecule has 0 radical (unpaired) electrons. The van der Waals surface area contributed by atoms with Crippen molar-refractivity contribution in [3.8, 4) is 10.6 Å². The Kier molecular flexibility index (Phi) is 4.32. The predicted molar refractivity (Wildman–Crippen MR) is 94.7 cm³/mol. The molecule has 0 saturated carbocycles. The van der Waals surface area contributed by atoms with Crippen molar-refractivity contribution in [3.05, 3.63) is 46.4 Å². The molecule has 1 atom stereocenters. The maximum Gasteiger partial charge on any atom is 0.276 e. The second kappa shape index (κ2) is 6.62. The van der Waals surface area contributed by atoms with Gasteiger partial charge in [0.15, 0.2) is 11.5 Å². The molecule has 0 spiro atoms. The van der Waals surface area contributed by atoms with E-state index < -0.39 is 0 Å². The van der Waals surface area contributed by atoms with Crippen LogP contribution in [0.5, 0.6) is 0 Å². The van der Waals surface area contributed by atoms with Crippen molar-refractivity contribution in [2.45, 2.75) is 6.04 Å². The van der Waals surface area contributed by atoms with Crippen LogP contribution >= 0.6 is 22.9 Å². The lowest BCUT2D eigenvalue weighted by Gasteiger charge is -2.35. The molecule has 1 aliphatic heterocycles. The molecule has 0 aromatic carbocycles. The molecule has 25 heavy (non-hydrogen) atoms. The molecular weight excluding hydrogens is 362 g/mol. The van der Waals surface area contributed by atoms with Gasteiger partial charge in [0.1, 0.15) is 11.9 Å². The number of hydrogen-bond acceptors (Lipinski definition) is 6. The van der Waals surface area contributed by atoms with Gasteiger partial charge in [0.05, 0.1) is 9.21 Å². The molecule has 1 saturated heterocycles. The third-order valence-corrected chi connectivity index (χ3v) is 5.45. The summed E-state index contributed by atoms with van der Waals surface area (Å²) >= 11 is 7.34. The van der Waals surface area contributed by atoms with Gasteiger partial charge in [0.2, 0.25) is 0 Å². The van der Waals surface area contributed by atoms with Crippen molar-refractivity contribution in [1.29, 1.82) is 0 Å². The molecule has 1 N–H and O–H groups in total. The van der Waals surface area contributed by atoms with Crippen LogP contribution in [-0.4, -0.2) is 45.1 Å². The van der Waals surface area contributed by atoms with Crippen LogP contribution in [0.1, 0.15) is 22.4 Å². The number of hydrogen-bond donors (Lipinski definition) is 1. The summed E-state index contributed by atoms with van der Waals surface area (Å²) in [5, 5.41) is 7.28. The van der Waals surface area contributed by atoms with Crippen LogP contribution in [-0.2, 0) is 7.05 Å². The van der Waals surface area contributed by atoms with Crippen molar-refractivity contribution < 1.29 is 9.32 Å². The van der Waals surface area contributed by atoms with Crippen LogP contribution in [0.25, 0.3) is 10.6 Å². The lowest BCUT2D eigenvalue weighted by Crippen LogP contribution is -2.49. The summed E-state index contributed by atoms with van der Waals surface area (Å²) in [6.07, 6.45) is 3.61. The Balaban J connectivity index is 1.61. The summed E-state index contributed by atoms with van der Waals surface area (Å²) in [4.78, 5) is 20.0. The SMILES string of the molecule is Cn1ccnc1C1CNCCN1C(=O)c1cc(-c2ccc(Cl)s2)on1. The molecule has 0 aliphatic carbocycles. The Morgan fingerprint density at radius 2 is 2.36 bits per heavy atom. The van der Waals surface area contributed by atoms with E-state index in [-0.39, 0.29) is 11.9 Å². The summed E-state index contributed by atoms with van der Waals surface area (Å²) in [5.41, 5.74) is 0.292. The number of piperazine rings is 1.